The zero-order valence-corrected chi connectivity index (χ0v) is 9.52. The van der Waals surface area contributed by atoms with Crippen molar-refractivity contribution in [1.29, 1.82) is 5.26 Å². The largest absolute Gasteiger partial charge is 0.309 e. The first-order valence-corrected chi connectivity index (χ1v) is 6.03. The molecule has 0 aromatic heterocycles. The maximum atomic E-state index is 9.42. The summed E-state index contributed by atoms with van der Waals surface area (Å²) < 4.78 is 0. The molecule has 2 nitrogen and oxygen atoms in total. The van der Waals surface area contributed by atoms with Gasteiger partial charge in [-0.3, -0.25) is 0 Å². The number of nitriles is 1. The van der Waals surface area contributed by atoms with Gasteiger partial charge in [0.2, 0.25) is 0 Å². The van der Waals surface area contributed by atoms with Crippen molar-refractivity contribution in [2.75, 3.05) is 0 Å². The molecule has 2 N–H and O–H groups in total. The van der Waals surface area contributed by atoms with E-state index in [0.717, 1.165) is 18.4 Å². The van der Waals surface area contributed by atoms with Crippen LogP contribution in [0.5, 0.6) is 0 Å². The highest BCUT2D eigenvalue weighted by Gasteiger charge is 2.37. The molecule has 0 heterocycles. The summed E-state index contributed by atoms with van der Waals surface area (Å²) >= 11 is 0. The summed E-state index contributed by atoms with van der Waals surface area (Å²) in [4.78, 5) is 0. The second-order valence-corrected chi connectivity index (χ2v) is 4.68. The van der Waals surface area contributed by atoms with Crippen LogP contribution in [0.4, 0.5) is 0 Å². The SMILES string of the molecule is N#CC(N)(c1ccccc1)C1CCCCC1. The molecule has 0 radical (unpaired) electrons. The maximum Gasteiger partial charge on any atom is 0.132 e. The lowest BCUT2D eigenvalue weighted by Gasteiger charge is -2.34. The first-order chi connectivity index (χ1) is 7.77. The number of rotatable bonds is 2. The van der Waals surface area contributed by atoms with Gasteiger partial charge in [0.15, 0.2) is 0 Å². The van der Waals surface area contributed by atoms with Crippen LogP contribution in [0.3, 0.4) is 0 Å². The number of nitrogens with two attached hydrogens (primary N) is 1. The molecule has 16 heavy (non-hydrogen) atoms. The highest BCUT2D eigenvalue weighted by molar-refractivity contribution is 5.31. The highest BCUT2D eigenvalue weighted by atomic mass is 14.8. The van der Waals surface area contributed by atoms with E-state index in [4.69, 9.17) is 5.73 Å². The monoisotopic (exact) mass is 214 g/mol. The van der Waals surface area contributed by atoms with E-state index in [2.05, 4.69) is 6.07 Å². The van der Waals surface area contributed by atoms with E-state index in [-0.39, 0.29) is 0 Å². The standard InChI is InChI=1S/C14H18N2/c15-11-14(16,12-7-3-1-4-8-12)13-9-5-2-6-10-13/h1,3-4,7-8,13H,2,5-6,9-10,16H2. The average molecular weight is 214 g/mol. The Morgan fingerprint density at radius 1 is 1.12 bits per heavy atom. The van der Waals surface area contributed by atoms with Gasteiger partial charge in [0.25, 0.3) is 0 Å². The van der Waals surface area contributed by atoms with E-state index in [1.54, 1.807) is 0 Å². The fourth-order valence-corrected chi connectivity index (χ4v) is 2.66. The Kier molecular flexibility index (Phi) is 3.26. The Morgan fingerprint density at radius 3 is 2.31 bits per heavy atom. The minimum absolute atomic E-state index is 0.314. The molecule has 1 aromatic rings. The molecule has 1 atom stereocenters. The van der Waals surface area contributed by atoms with Gasteiger partial charge >= 0.3 is 0 Å². The molecule has 1 aromatic carbocycles. The molecule has 0 aliphatic heterocycles. The summed E-state index contributed by atoms with van der Waals surface area (Å²) in [5.41, 5.74) is 6.50. The number of hydrogen-bond donors (Lipinski definition) is 1. The van der Waals surface area contributed by atoms with E-state index in [9.17, 15) is 5.26 Å². The molecule has 0 bridgehead atoms. The zero-order valence-electron chi connectivity index (χ0n) is 9.52. The lowest BCUT2D eigenvalue weighted by molar-refractivity contribution is 0.256. The lowest BCUT2D eigenvalue weighted by Crippen LogP contribution is -2.43. The third-order valence-electron chi connectivity index (χ3n) is 3.69. The van der Waals surface area contributed by atoms with Crippen LogP contribution in [-0.4, -0.2) is 0 Å². The normalized spacial score (nSPS) is 21.0. The van der Waals surface area contributed by atoms with Gasteiger partial charge in [-0.25, -0.2) is 0 Å². The molecule has 1 saturated carbocycles. The molecular weight excluding hydrogens is 196 g/mol. The molecule has 1 aliphatic rings. The summed E-state index contributed by atoms with van der Waals surface area (Å²) in [7, 11) is 0. The van der Waals surface area contributed by atoms with Crippen LogP contribution in [0.2, 0.25) is 0 Å². The minimum atomic E-state index is -0.790. The molecule has 2 rings (SSSR count). The van der Waals surface area contributed by atoms with Crippen LogP contribution >= 0.6 is 0 Å². The van der Waals surface area contributed by atoms with Gasteiger partial charge in [-0.05, 0) is 24.3 Å². The van der Waals surface area contributed by atoms with E-state index in [0.29, 0.717) is 5.92 Å². The van der Waals surface area contributed by atoms with Crippen LogP contribution < -0.4 is 5.73 Å². The Balaban J connectivity index is 2.29. The van der Waals surface area contributed by atoms with Crippen LogP contribution in [-0.2, 0) is 5.54 Å². The summed E-state index contributed by atoms with van der Waals surface area (Å²) in [5.74, 6) is 0.314. The van der Waals surface area contributed by atoms with Crippen molar-refractivity contribution in [3.63, 3.8) is 0 Å². The van der Waals surface area contributed by atoms with E-state index in [1.165, 1.54) is 19.3 Å². The Hall–Kier alpha value is -1.33. The smallest absolute Gasteiger partial charge is 0.132 e. The highest BCUT2D eigenvalue weighted by Crippen LogP contribution is 2.36. The number of nitrogens with zero attached hydrogens (tertiary/aromatic N) is 1. The molecule has 0 saturated heterocycles. The summed E-state index contributed by atoms with van der Waals surface area (Å²) in [6, 6.07) is 12.2. The maximum absolute atomic E-state index is 9.42. The Labute approximate surface area is 97.1 Å². The van der Waals surface area contributed by atoms with E-state index >= 15 is 0 Å². The number of hydrogen-bond acceptors (Lipinski definition) is 2. The topological polar surface area (TPSA) is 49.8 Å². The molecule has 1 fully saturated rings. The predicted molar refractivity (Wildman–Crippen MR) is 64.5 cm³/mol. The average Bonchev–Trinajstić information content (AvgIpc) is 2.40. The summed E-state index contributed by atoms with van der Waals surface area (Å²) in [5, 5.41) is 9.42. The lowest BCUT2D eigenvalue weighted by atomic mass is 9.72. The Bertz CT molecular complexity index is 373. The third-order valence-corrected chi connectivity index (χ3v) is 3.69. The van der Waals surface area contributed by atoms with Gasteiger partial charge in [-0.1, -0.05) is 49.6 Å². The van der Waals surface area contributed by atoms with Crippen molar-refractivity contribution < 1.29 is 0 Å². The van der Waals surface area contributed by atoms with Gasteiger partial charge in [0.05, 0.1) is 6.07 Å². The Morgan fingerprint density at radius 2 is 1.75 bits per heavy atom. The second-order valence-electron chi connectivity index (χ2n) is 4.68. The molecule has 1 aliphatic carbocycles. The fourth-order valence-electron chi connectivity index (χ4n) is 2.66. The van der Waals surface area contributed by atoms with Crippen molar-refractivity contribution in [3.8, 4) is 6.07 Å². The molecule has 2 heteroatoms. The van der Waals surface area contributed by atoms with Gasteiger partial charge < -0.3 is 5.73 Å². The first-order valence-electron chi connectivity index (χ1n) is 6.03. The van der Waals surface area contributed by atoms with E-state index < -0.39 is 5.54 Å². The van der Waals surface area contributed by atoms with Gasteiger partial charge in [0, 0.05) is 0 Å². The van der Waals surface area contributed by atoms with Gasteiger partial charge in [-0.15, -0.1) is 0 Å². The molecule has 1 unspecified atom stereocenters. The van der Waals surface area contributed by atoms with Crippen LogP contribution in [0, 0.1) is 17.2 Å². The van der Waals surface area contributed by atoms with Gasteiger partial charge in [0.1, 0.15) is 5.54 Å². The first kappa shape index (κ1) is 11.2. The molecule has 84 valence electrons. The molecule has 0 amide bonds. The summed E-state index contributed by atoms with van der Waals surface area (Å²) in [6.45, 7) is 0. The van der Waals surface area contributed by atoms with Crippen LogP contribution in [0.25, 0.3) is 0 Å². The molecule has 0 spiro atoms. The van der Waals surface area contributed by atoms with Crippen molar-refractivity contribution >= 4 is 0 Å². The summed E-state index contributed by atoms with van der Waals surface area (Å²) in [6.07, 6.45) is 5.86. The van der Waals surface area contributed by atoms with Crippen LogP contribution in [0.15, 0.2) is 30.3 Å². The van der Waals surface area contributed by atoms with Crippen LogP contribution in [0.1, 0.15) is 37.7 Å². The van der Waals surface area contributed by atoms with Crippen molar-refractivity contribution in [2.45, 2.75) is 37.6 Å². The fraction of sp³-hybridized carbons (Fsp3) is 0.500. The van der Waals surface area contributed by atoms with Gasteiger partial charge in [-0.2, -0.15) is 5.26 Å². The van der Waals surface area contributed by atoms with Crippen molar-refractivity contribution in [2.24, 2.45) is 11.7 Å². The van der Waals surface area contributed by atoms with Crippen molar-refractivity contribution in [3.05, 3.63) is 35.9 Å². The van der Waals surface area contributed by atoms with Crippen molar-refractivity contribution in [1.82, 2.24) is 0 Å². The predicted octanol–water partition coefficient (Wildman–Crippen LogP) is 2.94. The second kappa shape index (κ2) is 4.67. The molecular formula is C14H18N2. The van der Waals surface area contributed by atoms with E-state index in [1.807, 2.05) is 30.3 Å². The third kappa shape index (κ3) is 1.96. The quantitative estimate of drug-likeness (QED) is 0.822. The number of benzene rings is 1. The zero-order chi connectivity index (χ0) is 11.4. The minimum Gasteiger partial charge on any atom is -0.309 e.